The molecule has 1 aliphatic heterocycles. The molecule has 4 rings (SSSR count). The Kier molecular flexibility index (Phi) is 6.53. The Balaban J connectivity index is 1.59. The van der Waals surface area contributed by atoms with Crippen molar-refractivity contribution in [1.29, 1.82) is 0 Å². The summed E-state index contributed by atoms with van der Waals surface area (Å²) in [5.41, 5.74) is 2.23. The molecule has 2 amide bonds. The Hall–Kier alpha value is -3.17. The van der Waals surface area contributed by atoms with Gasteiger partial charge in [-0.3, -0.25) is 4.90 Å². The second-order valence-electron chi connectivity index (χ2n) is 8.89. The van der Waals surface area contributed by atoms with Crippen molar-refractivity contribution in [2.45, 2.75) is 19.4 Å². The third-order valence-corrected chi connectivity index (χ3v) is 6.17. The predicted molar refractivity (Wildman–Crippen MR) is 129 cm³/mol. The average molecular weight is 453 g/mol. The monoisotopic (exact) mass is 452 g/mol. The fourth-order valence-corrected chi connectivity index (χ4v) is 3.93. The summed E-state index contributed by atoms with van der Waals surface area (Å²) >= 11 is 0. The van der Waals surface area contributed by atoms with Crippen LogP contribution in [0.25, 0.3) is 16.9 Å². The van der Waals surface area contributed by atoms with E-state index in [1.54, 1.807) is 31.0 Å². The van der Waals surface area contributed by atoms with Crippen molar-refractivity contribution < 1.29 is 14.3 Å². The molecule has 0 aliphatic carbocycles. The van der Waals surface area contributed by atoms with E-state index in [1.165, 1.54) is 0 Å². The fourth-order valence-electron chi connectivity index (χ4n) is 3.93. The number of anilines is 2. The molecule has 0 bridgehead atoms. The van der Waals surface area contributed by atoms with Crippen LogP contribution in [0.2, 0.25) is 0 Å². The number of morpholine rings is 1. The highest BCUT2D eigenvalue weighted by Gasteiger charge is 2.30. The van der Waals surface area contributed by atoms with Gasteiger partial charge >= 0.3 is 6.03 Å². The van der Waals surface area contributed by atoms with Crippen LogP contribution in [-0.2, 0) is 9.47 Å². The zero-order valence-corrected chi connectivity index (χ0v) is 20.0. The van der Waals surface area contributed by atoms with Crippen LogP contribution in [0.4, 0.5) is 16.3 Å². The van der Waals surface area contributed by atoms with Crippen LogP contribution in [0.5, 0.6) is 0 Å². The number of aromatic nitrogens is 3. The van der Waals surface area contributed by atoms with Crippen LogP contribution in [0.1, 0.15) is 13.8 Å². The number of benzene rings is 1. The van der Waals surface area contributed by atoms with Gasteiger partial charge < -0.3 is 19.3 Å². The lowest BCUT2D eigenvalue weighted by molar-refractivity contribution is 0.0708. The molecule has 9 heteroatoms. The van der Waals surface area contributed by atoms with E-state index in [9.17, 15) is 4.79 Å². The summed E-state index contributed by atoms with van der Waals surface area (Å²) in [6.45, 7) is 7.39. The van der Waals surface area contributed by atoms with Crippen LogP contribution in [0, 0.1) is 0 Å². The molecule has 176 valence electrons. The minimum absolute atomic E-state index is 0.107. The SMILES string of the molecule is COCC(C)(C)N(C)C(=O)N(C)c1ccc(-c2nc(N3CCOCC3)c3cccn3n2)cc1. The van der Waals surface area contributed by atoms with Gasteiger partial charge in [-0.15, -0.1) is 5.10 Å². The number of urea groups is 1. The number of hydrogen-bond donors (Lipinski definition) is 0. The van der Waals surface area contributed by atoms with Gasteiger partial charge in [0.05, 0.1) is 25.4 Å². The van der Waals surface area contributed by atoms with Gasteiger partial charge in [-0.1, -0.05) is 0 Å². The van der Waals surface area contributed by atoms with Gasteiger partial charge in [0.2, 0.25) is 0 Å². The smallest absolute Gasteiger partial charge is 0.324 e. The Morgan fingerprint density at radius 3 is 2.52 bits per heavy atom. The minimum Gasteiger partial charge on any atom is -0.382 e. The summed E-state index contributed by atoms with van der Waals surface area (Å²) in [7, 11) is 5.20. The van der Waals surface area contributed by atoms with Gasteiger partial charge in [-0.05, 0) is 50.2 Å². The number of carbonyl (C=O) groups is 1. The lowest BCUT2D eigenvalue weighted by Crippen LogP contribution is -2.52. The van der Waals surface area contributed by atoms with Gasteiger partial charge in [0, 0.05) is 51.7 Å². The van der Waals surface area contributed by atoms with E-state index in [2.05, 4.69) is 4.90 Å². The normalized spacial score (nSPS) is 14.5. The second-order valence-corrected chi connectivity index (χ2v) is 8.89. The van der Waals surface area contributed by atoms with Crippen LogP contribution in [0.3, 0.4) is 0 Å². The summed E-state index contributed by atoms with van der Waals surface area (Å²) in [5.74, 6) is 1.55. The number of ether oxygens (including phenoxy) is 2. The molecular formula is C24H32N6O3. The van der Waals surface area contributed by atoms with Crippen molar-refractivity contribution in [1.82, 2.24) is 19.5 Å². The van der Waals surface area contributed by atoms with E-state index < -0.39 is 5.54 Å². The number of hydrogen-bond acceptors (Lipinski definition) is 6. The molecule has 33 heavy (non-hydrogen) atoms. The van der Waals surface area contributed by atoms with Gasteiger partial charge in [0.15, 0.2) is 11.6 Å². The van der Waals surface area contributed by atoms with Crippen molar-refractivity contribution >= 4 is 23.1 Å². The highest BCUT2D eigenvalue weighted by Crippen LogP contribution is 2.26. The quantitative estimate of drug-likeness (QED) is 0.572. The molecule has 0 atom stereocenters. The lowest BCUT2D eigenvalue weighted by atomic mass is 10.1. The minimum atomic E-state index is -0.421. The predicted octanol–water partition coefficient (Wildman–Crippen LogP) is 3.15. The number of methoxy groups -OCH3 is 1. The summed E-state index contributed by atoms with van der Waals surface area (Å²) < 4.78 is 12.6. The van der Waals surface area contributed by atoms with Crippen LogP contribution in [0.15, 0.2) is 42.6 Å². The molecule has 0 saturated carbocycles. The van der Waals surface area contributed by atoms with E-state index in [1.807, 2.05) is 61.0 Å². The molecule has 0 unspecified atom stereocenters. The van der Waals surface area contributed by atoms with Gasteiger partial charge in [-0.25, -0.2) is 14.3 Å². The molecule has 0 N–H and O–H groups in total. The molecule has 3 aromatic rings. The van der Waals surface area contributed by atoms with E-state index >= 15 is 0 Å². The molecule has 0 radical (unpaired) electrons. The summed E-state index contributed by atoms with van der Waals surface area (Å²) in [4.78, 5) is 23.5. The van der Waals surface area contributed by atoms with Crippen molar-refractivity contribution in [3.05, 3.63) is 42.6 Å². The fraction of sp³-hybridized carbons (Fsp3) is 0.458. The van der Waals surface area contributed by atoms with Crippen molar-refractivity contribution in [2.24, 2.45) is 0 Å². The first kappa shape index (κ1) is 23.0. The van der Waals surface area contributed by atoms with E-state index in [-0.39, 0.29) is 6.03 Å². The first-order valence-electron chi connectivity index (χ1n) is 11.1. The third kappa shape index (κ3) is 4.65. The largest absolute Gasteiger partial charge is 0.382 e. The van der Waals surface area contributed by atoms with E-state index in [0.29, 0.717) is 25.6 Å². The molecule has 1 aliphatic rings. The molecule has 1 fully saturated rings. The Morgan fingerprint density at radius 1 is 1.15 bits per heavy atom. The van der Waals surface area contributed by atoms with Gasteiger partial charge in [0.1, 0.15) is 5.52 Å². The zero-order valence-electron chi connectivity index (χ0n) is 20.0. The number of amides is 2. The van der Waals surface area contributed by atoms with Crippen LogP contribution >= 0.6 is 0 Å². The highest BCUT2D eigenvalue weighted by atomic mass is 16.5. The topological polar surface area (TPSA) is 75.4 Å². The Morgan fingerprint density at radius 2 is 1.85 bits per heavy atom. The molecule has 3 heterocycles. The lowest BCUT2D eigenvalue weighted by Gasteiger charge is -2.37. The van der Waals surface area contributed by atoms with Crippen molar-refractivity contribution in [3.8, 4) is 11.4 Å². The molecule has 0 spiro atoms. The van der Waals surface area contributed by atoms with Crippen LogP contribution in [-0.4, -0.2) is 85.2 Å². The second kappa shape index (κ2) is 9.36. The van der Waals surface area contributed by atoms with Gasteiger partial charge in [-0.2, -0.15) is 0 Å². The molecule has 9 nitrogen and oxygen atoms in total. The van der Waals surface area contributed by atoms with Gasteiger partial charge in [0.25, 0.3) is 0 Å². The first-order chi connectivity index (χ1) is 15.8. The molecule has 2 aromatic heterocycles. The molecule has 1 aromatic carbocycles. The molecule has 1 saturated heterocycles. The zero-order chi connectivity index (χ0) is 23.6. The molecular weight excluding hydrogens is 420 g/mol. The number of carbonyl (C=O) groups excluding carboxylic acids is 1. The summed E-state index contributed by atoms with van der Waals surface area (Å²) in [6, 6.07) is 11.6. The number of rotatable bonds is 6. The highest BCUT2D eigenvalue weighted by molar-refractivity contribution is 5.92. The maximum atomic E-state index is 13.0. The maximum Gasteiger partial charge on any atom is 0.324 e. The van der Waals surface area contributed by atoms with E-state index in [0.717, 1.165) is 35.7 Å². The number of likely N-dealkylation sites (N-methyl/N-ethyl adjacent to an activating group) is 1. The average Bonchev–Trinajstić information content (AvgIpc) is 3.31. The first-order valence-corrected chi connectivity index (χ1v) is 11.1. The maximum absolute atomic E-state index is 13.0. The summed E-state index contributed by atoms with van der Waals surface area (Å²) in [5, 5.41) is 4.70. The summed E-state index contributed by atoms with van der Waals surface area (Å²) in [6.07, 6.45) is 1.93. The number of fused-ring (bicyclic) bond motifs is 1. The van der Waals surface area contributed by atoms with Crippen molar-refractivity contribution in [3.63, 3.8) is 0 Å². The standard InChI is InChI=1S/C24H32N6O3/c1-24(2,17-32-5)28(4)23(31)27(3)19-10-8-18(9-11-19)21-25-22(29-13-15-33-16-14-29)20-7-6-12-30(20)26-21/h6-12H,13-17H2,1-5H3. The van der Waals surface area contributed by atoms with Crippen molar-refractivity contribution in [2.75, 3.05) is 63.9 Å². The third-order valence-electron chi connectivity index (χ3n) is 6.17. The number of nitrogens with zero attached hydrogens (tertiary/aromatic N) is 6. The van der Waals surface area contributed by atoms with E-state index in [4.69, 9.17) is 19.6 Å². The Labute approximate surface area is 194 Å². The Bertz CT molecular complexity index is 1110. The van der Waals surface area contributed by atoms with Crippen LogP contribution < -0.4 is 9.80 Å².